The quantitative estimate of drug-likeness (QED) is 0.339. The predicted molar refractivity (Wildman–Crippen MR) is 119 cm³/mol. The fourth-order valence-electron chi connectivity index (χ4n) is 4.22. The zero-order valence-electron chi connectivity index (χ0n) is 15.6. The van der Waals surface area contributed by atoms with Gasteiger partial charge in [-0.15, -0.1) is 11.3 Å². The summed E-state index contributed by atoms with van der Waals surface area (Å²) in [5, 5.41) is 5.80. The maximum absolute atomic E-state index is 13.2. The van der Waals surface area contributed by atoms with Gasteiger partial charge in [-0.25, -0.2) is 4.68 Å². The van der Waals surface area contributed by atoms with E-state index in [2.05, 4.69) is 4.90 Å². The molecule has 150 valence electrons. The van der Waals surface area contributed by atoms with Crippen LogP contribution in [0.3, 0.4) is 0 Å². The van der Waals surface area contributed by atoms with E-state index in [0.717, 1.165) is 52.0 Å². The van der Waals surface area contributed by atoms with Crippen molar-refractivity contribution >= 4 is 51.9 Å². The maximum atomic E-state index is 13.2. The lowest BCUT2D eigenvalue weighted by Gasteiger charge is -2.25. The summed E-state index contributed by atoms with van der Waals surface area (Å²) in [6.07, 6.45) is 4.21. The van der Waals surface area contributed by atoms with E-state index in [9.17, 15) is 4.79 Å². The molecule has 8 heteroatoms. The molecule has 0 atom stereocenters. The van der Waals surface area contributed by atoms with E-state index in [1.54, 1.807) is 16.8 Å². The smallest absolute Gasteiger partial charge is 0.197 e. The molecule has 0 spiro atoms. The standard InChI is InChI=1S/C21H18Cl3N3OS/c22-13-4-5-16(15(23)10-13)27-20-14(8-12-9-18(24)29-21(12)20)19(25-27)17(28)11-26-6-2-1-3-7-26/h4-5,9-10H,1-3,6-8,11H2. The summed E-state index contributed by atoms with van der Waals surface area (Å²) < 4.78 is 2.52. The third-order valence-corrected chi connectivity index (χ3v) is 7.41. The third-order valence-electron chi connectivity index (χ3n) is 5.56. The van der Waals surface area contributed by atoms with Crippen molar-refractivity contribution in [1.82, 2.24) is 14.7 Å². The van der Waals surface area contributed by atoms with Gasteiger partial charge in [-0.1, -0.05) is 41.2 Å². The number of hydrogen-bond donors (Lipinski definition) is 0. The molecule has 0 amide bonds. The van der Waals surface area contributed by atoms with Crippen LogP contribution >= 0.6 is 46.1 Å². The average molecular weight is 467 g/mol. The fourth-order valence-corrected chi connectivity index (χ4v) is 6.03. The number of thiophene rings is 1. The number of fused-ring (bicyclic) bond motifs is 3. The van der Waals surface area contributed by atoms with E-state index in [1.807, 2.05) is 12.1 Å². The van der Waals surface area contributed by atoms with Crippen LogP contribution in [0.2, 0.25) is 14.4 Å². The highest BCUT2D eigenvalue weighted by molar-refractivity contribution is 7.19. The molecule has 5 rings (SSSR count). The van der Waals surface area contributed by atoms with Gasteiger partial charge in [-0.05, 0) is 55.8 Å². The minimum atomic E-state index is 0.0632. The first-order chi connectivity index (χ1) is 14.0. The van der Waals surface area contributed by atoms with Gasteiger partial charge >= 0.3 is 0 Å². The van der Waals surface area contributed by atoms with Crippen molar-refractivity contribution in [3.8, 4) is 16.3 Å². The van der Waals surface area contributed by atoms with Crippen LogP contribution in [0.25, 0.3) is 16.3 Å². The molecule has 4 nitrogen and oxygen atoms in total. The Hall–Kier alpha value is -1.37. The molecular formula is C21H18Cl3N3OS. The summed E-state index contributed by atoms with van der Waals surface area (Å²) in [7, 11) is 0. The van der Waals surface area contributed by atoms with E-state index < -0.39 is 0 Å². The molecule has 0 saturated carbocycles. The van der Waals surface area contributed by atoms with Crippen LogP contribution in [0.5, 0.6) is 0 Å². The fraction of sp³-hybridized carbons (Fsp3) is 0.333. The van der Waals surface area contributed by atoms with Gasteiger partial charge < -0.3 is 0 Å². The summed E-state index contributed by atoms with van der Waals surface area (Å²) in [5.41, 5.74) is 4.27. The molecular weight excluding hydrogens is 449 g/mol. The predicted octanol–water partition coefficient (Wildman–Crippen LogP) is 6.13. The molecule has 3 aromatic rings. The maximum Gasteiger partial charge on any atom is 0.197 e. The second kappa shape index (κ2) is 7.71. The van der Waals surface area contributed by atoms with Crippen LogP contribution in [0.1, 0.15) is 40.9 Å². The van der Waals surface area contributed by atoms with Crippen molar-refractivity contribution in [1.29, 1.82) is 0 Å². The molecule has 2 aliphatic rings. The molecule has 1 saturated heterocycles. The van der Waals surface area contributed by atoms with E-state index in [-0.39, 0.29) is 5.78 Å². The number of rotatable bonds is 4. The van der Waals surface area contributed by atoms with Crippen molar-refractivity contribution < 1.29 is 4.79 Å². The second-order valence-corrected chi connectivity index (χ2v) is 10.1. The Morgan fingerprint density at radius 2 is 1.90 bits per heavy atom. The molecule has 1 aromatic carbocycles. The number of carbonyl (C=O) groups excluding carboxylic acids is 1. The van der Waals surface area contributed by atoms with Gasteiger partial charge in [0.05, 0.1) is 32.2 Å². The van der Waals surface area contributed by atoms with Crippen LogP contribution in [0, 0.1) is 0 Å². The lowest BCUT2D eigenvalue weighted by molar-refractivity contribution is 0.0909. The van der Waals surface area contributed by atoms with Gasteiger partial charge in [-0.3, -0.25) is 9.69 Å². The summed E-state index contributed by atoms with van der Waals surface area (Å²) in [6.45, 7) is 2.35. The Balaban J connectivity index is 1.60. The van der Waals surface area contributed by atoms with E-state index in [1.165, 1.54) is 17.8 Å². The van der Waals surface area contributed by atoms with Gasteiger partial charge in [0.2, 0.25) is 0 Å². The number of hydrogen-bond acceptors (Lipinski definition) is 4. The van der Waals surface area contributed by atoms with Gasteiger partial charge in [0.1, 0.15) is 5.69 Å². The van der Waals surface area contributed by atoms with Gasteiger partial charge in [0, 0.05) is 17.0 Å². The van der Waals surface area contributed by atoms with Crippen LogP contribution < -0.4 is 0 Å². The molecule has 0 radical (unpaired) electrons. The van der Waals surface area contributed by atoms with E-state index in [0.29, 0.717) is 34.4 Å². The number of benzene rings is 1. The van der Waals surface area contributed by atoms with Gasteiger partial charge in [0.15, 0.2) is 5.78 Å². The monoisotopic (exact) mass is 465 g/mol. The SMILES string of the molecule is O=C(CN1CCCCC1)c1nn(-c2ccc(Cl)cc2Cl)c2c1Cc1cc(Cl)sc1-2. The Labute approximate surface area is 188 Å². The molecule has 0 unspecified atom stereocenters. The molecule has 3 heterocycles. The first-order valence-corrected chi connectivity index (χ1v) is 11.6. The number of likely N-dealkylation sites (tertiary alicyclic amines) is 1. The Morgan fingerprint density at radius 1 is 1.10 bits per heavy atom. The number of aromatic nitrogens is 2. The highest BCUT2D eigenvalue weighted by Gasteiger charge is 2.33. The molecule has 29 heavy (non-hydrogen) atoms. The minimum absolute atomic E-state index is 0.0632. The molecule has 1 aliphatic heterocycles. The number of nitrogens with zero attached hydrogens (tertiary/aromatic N) is 3. The first kappa shape index (κ1) is 19.6. The highest BCUT2D eigenvalue weighted by Crippen LogP contribution is 2.46. The van der Waals surface area contributed by atoms with Gasteiger partial charge in [0.25, 0.3) is 0 Å². The van der Waals surface area contributed by atoms with E-state index in [4.69, 9.17) is 39.9 Å². The topological polar surface area (TPSA) is 38.1 Å². The zero-order valence-corrected chi connectivity index (χ0v) is 18.6. The van der Waals surface area contributed by atoms with Crippen molar-refractivity contribution in [2.75, 3.05) is 19.6 Å². The highest BCUT2D eigenvalue weighted by atomic mass is 35.5. The largest absolute Gasteiger partial charge is 0.296 e. The normalized spacial score (nSPS) is 16.1. The summed E-state index contributed by atoms with van der Waals surface area (Å²) in [4.78, 5) is 16.5. The Bertz CT molecular complexity index is 1110. The first-order valence-electron chi connectivity index (χ1n) is 9.62. The van der Waals surface area contributed by atoms with Crippen molar-refractivity contribution in [3.63, 3.8) is 0 Å². The minimum Gasteiger partial charge on any atom is -0.296 e. The molecule has 1 aliphatic carbocycles. The lowest BCUT2D eigenvalue weighted by Crippen LogP contribution is -2.34. The molecule has 1 fully saturated rings. The molecule has 0 bridgehead atoms. The van der Waals surface area contributed by atoms with Crippen LogP contribution in [-0.4, -0.2) is 40.1 Å². The van der Waals surface area contributed by atoms with Crippen LogP contribution in [-0.2, 0) is 6.42 Å². The van der Waals surface area contributed by atoms with Crippen LogP contribution in [0.4, 0.5) is 0 Å². The zero-order chi connectivity index (χ0) is 20.1. The van der Waals surface area contributed by atoms with E-state index >= 15 is 0 Å². The van der Waals surface area contributed by atoms with Crippen LogP contribution in [0.15, 0.2) is 24.3 Å². The Morgan fingerprint density at radius 3 is 2.66 bits per heavy atom. The van der Waals surface area contributed by atoms with Crippen molar-refractivity contribution in [2.24, 2.45) is 0 Å². The van der Waals surface area contributed by atoms with Crippen molar-refractivity contribution in [3.05, 3.63) is 55.5 Å². The summed E-state index contributed by atoms with van der Waals surface area (Å²) in [5.74, 6) is 0.0632. The van der Waals surface area contributed by atoms with Gasteiger partial charge in [-0.2, -0.15) is 5.10 Å². The second-order valence-electron chi connectivity index (χ2n) is 7.52. The molecule has 0 N–H and O–H groups in total. The number of Topliss-reactive ketones (excluding diaryl/α,β-unsaturated/α-hetero) is 1. The van der Waals surface area contributed by atoms with Crippen molar-refractivity contribution in [2.45, 2.75) is 25.7 Å². The summed E-state index contributed by atoms with van der Waals surface area (Å²) >= 11 is 20.3. The number of piperidine rings is 1. The lowest BCUT2D eigenvalue weighted by atomic mass is 10.1. The Kier molecular flexibility index (Phi) is 5.21. The number of halogens is 3. The number of ketones is 1. The molecule has 2 aromatic heterocycles. The number of carbonyl (C=O) groups is 1. The average Bonchev–Trinajstić information content (AvgIpc) is 3.32. The third kappa shape index (κ3) is 3.53. The summed E-state index contributed by atoms with van der Waals surface area (Å²) in [6, 6.07) is 7.29.